The first-order valence-corrected chi connectivity index (χ1v) is 12.4. The minimum atomic E-state index is -3.67. The van der Waals surface area contributed by atoms with Crippen LogP contribution in [-0.4, -0.2) is 61.5 Å². The van der Waals surface area contributed by atoms with Gasteiger partial charge in [-0.3, -0.25) is 4.55 Å². The number of benzene rings is 2. The van der Waals surface area contributed by atoms with Crippen LogP contribution in [0.15, 0.2) is 64.1 Å². The largest absolute Gasteiger partial charge is 0.378 e. The van der Waals surface area contributed by atoms with E-state index in [4.69, 9.17) is 19.5 Å². The Hall–Kier alpha value is -3.28. The van der Waals surface area contributed by atoms with E-state index in [1.54, 1.807) is 18.2 Å². The second kappa shape index (κ2) is 11.2. The fourth-order valence-corrected chi connectivity index (χ4v) is 3.33. The van der Waals surface area contributed by atoms with Crippen LogP contribution >= 0.6 is 0 Å². The Morgan fingerprint density at radius 3 is 2.44 bits per heavy atom. The van der Waals surface area contributed by atoms with Crippen molar-refractivity contribution in [1.82, 2.24) is 10.1 Å². The van der Waals surface area contributed by atoms with E-state index in [0.717, 1.165) is 11.1 Å². The molecule has 11 heteroatoms. The summed E-state index contributed by atoms with van der Waals surface area (Å²) in [5, 5.41) is 4.10. The lowest BCUT2D eigenvalue weighted by atomic mass is 9.95. The zero-order valence-corrected chi connectivity index (χ0v) is 19.7. The molecule has 2 aromatic carbocycles. The van der Waals surface area contributed by atoms with Gasteiger partial charge in [0.2, 0.25) is 0 Å². The highest BCUT2D eigenvalue weighted by atomic mass is 32.2. The molecule has 0 unspecified atom stereocenters. The van der Waals surface area contributed by atoms with E-state index in [1.807, 2.05) is 48.2 Å². The molecule has 1 saturated heterocycles. The standard InChI is InChI=1S/C22H23FN4O2.CH4O3S/c1-15(17-7-8-18(19(23)13-17)16-5-3-2-4-6-16)20-14-21(29-26-20)25-22(24)27-9-11-28-12-10-27;1-5(2,3)4/h2-8,13-15H,9-12H2,1H3,(H2,24,25);1H3,(H,2,3,4)/t15-;/m1./s1. The van der Waals surface area contributed by atoms with E-state index in [2.05, 4.69) is 10.1 Å². The van der Waals surface area contributed by atoms with Crippen molar-refractivity contribution in [3.05, 3.63) is 71.7 Å². The van der Waals surface area contributed by atoms with Crippen LogP contribution in [0, 0.1) is 5.82 Å². The van der Waals surface area contributed by atoms with E-state index >= 15 is 0 Å². The van der Waals surface area contributed by atoms with Crippen molar-refractivity contribution in [2.75, 3.05) is 32.6 Å². The molecule has 3 aromatic rings. The van der Waals surface area contributed by atoms with Gasteiger partial charge in [0.05, 0.1) is 25.2 Å². The van der Waals surface area contributed by atoms with Gasteiger partial charge in [-0.2, -0.15) is 13.4 Å². The third-order valence-corrected chi connectivity index (χ3v) is 5.10. The molecule has 2 heterocycles. The molecule has 0 amide bonds. The van der Waals surface area contributed by atoms with Crippen molar-refractivity contribution in [2.45, 2.75) is 12.8 Å². The molecular formula is C23H27FN4O5S. The molecule has 0 saturated carbocycles. The van der Waals surface area contributed by atoms with Crippen LogP contribution in [0.1, 0.15) is 24.1 Å². The van der Waals surface area contributed by atoms with E-state index in [1.165, 1.54) is 0 Å². The van der Waals surface area contributed by atoms with E-state index in [9.17, 15) is 12.8 Å². The normalized spacial score (nSPS) is 15.4. The molecule has 182 valence electrons. The molecular weight excluding hydrogens is 463 g/mol. The Balaban J connectivity index is 0.000000588. The topological polar surface area (TPSA) is 131 Å². The van der Waals surface area contributed by atoms with Gasteiger partial charge in [0, 0.05) is 30.6 Å². The third-order valence-electron chi connectivity index (χ3n) is 5.10. The van der Waals surface area contributed by atoms with Gasteiger partial charge >= 0.3 is 0 Å². The molecule has 3 N–H and O–H groups in total. The number of rotatable bonds is 4. The van der Waals surface area contributed by atoms with Crippen molar-refractivity contribution < 1.29 is 26.6 Å². The summed E-state index contributed by atoms with van der Waals surface area (Å²) in [5.41, 5.74) is 8.96. The van der Waals surface area contributed by atoms with Crippen LogP contribution in [0.3, 0.4) is 0 Å². The van der Waals surface area contributed by atoms with Crippen molar-refractivity contribution in [2.24, 2.45) is 10.7 Å². The molecule has 0 spiro atoms. The van der Waals surface area contributed by atoms with Crippen LogP contribution < -0.4 is 5.73 Å². The number of guanidine groups is 1. The summed E-state index contributed by atoms with van der Waals surface area (Å²) in [5.74, 6) is 0.296. The molecule has 1 atom stereocenters. The lowest BCUT2D eigenvalue weighted by Gasteiger charge is -2.27. The highest BCUT2D eigenvalue weighted by molar-refractivity contribution is 7.85. The first kappa shape index (κ1) is 25.3. The fraction of sp³-hybridized carbons (Fsp3) is 0.304. The van der Waals surface area contributed by atoms with Gasteiger partial charge in [-0.1, -0.05) is 54.5 Å². The maximum absolute atomic E-state index is 14.7. The SMILES string of the molecule is CS(=O)(=O)O.C[C@H](c1ccc(-c2ccccc2)c(F)c1)c1cc(N=C(N)N2CCOCC2)on1. The number of hydrogen-bond acceptors (Lipinski definition) is 6. The molecule has 4 rings (SSSR count). The number of aliphatic imine (C=N–C) groups is 1. The number of ether oxygens (including phenoxy) is 1. The summed E-state index contributed by atoms with van der Waals surface area (Å²) in [6, 6.07) is 16.5. The average molecular weight is 491 g/mol. The molecule has 34 heavy (non-hydrogen) atoms. The zero-order chi connectivity index (χ0) is 24.7. The third kappa shape index (κ3) is 7.37. The van der Waals surface area contributed by atoms with Gasteiger partial charge in [0.1, 0.15) is 5.82 Å². The number of morpholine rings is 1. The summed E-state index contributed by atoms with van der Waals surface area (Å²) in [6.07, 6.45) is 0.715. The molecule has 1 fully saturated rings. The van der Waals surface area contributed by atoms with Gasteiger partial charge in [-0.15, -0.1) is 0 Å². The Labute approximate surface area is 197 Å². The Bertz CT molecular complexity index is 1220. The fourth-order valence-electron chi connectivity index (χ4n) is 3.33. The van der Waals surface area contributed by atoms with Gasteiger partial charge in [0.15, 0.2) is 5.96 Å². The van der Waals surface area contributed by atoms with Gasteiger partial charge < -0.3 is 19.9 Å². The smallest absolute Gasteiger partial charge is 0.261 e. The Kier molecular flexibility index (Phi) is 8.37. The predicted molar refractivity (Wildman–Crippen MR) is 127 cm³/mol. The van der Waals surface area contributed by atoms with Gasteiger partial charge in [0.25, 0.3) is 16.0 Å². The van der Waals surface area contributed by atoms with Crippen molar-refractivity contribution >= 4 is 22.0 Å². The number of halogens is 1. The quantitative estimate of drug-likeness (QED) is 0.323. The molecule has 0 bridgehead atoms. The van der Waals surface area contributed by atoms with Gasteiger partial charge in [-0.05, 0) is 17.2 Å². The number of nitrogens with zero attached hydrogens (tertiary/aromatic N) is 3. The molecule has 1 aromatic heterocycles. The Morgan fingerprint density at radius 1 is 1.18 bits per heavy atom. The maximum atomic E-state index is 14.7. The van der Waals surface area contributed by atoms with Crippen molar-refractivity contribution in [1.29, 1.82) is 0 Å². The second-order valence-electron chi connectivity index (χ2n) is 7.72. The molecule has 1 aliphatic heterocycles. The van der Waals surface area contributed by atoms with Crippen LogP contribution in [0.25, 0.3) is 11.1 Å². The highest BCUT2D eigenvalue weighted by Crippen LogP contribution is 2.30. The zero-order valence-electron chi connectivity index (χ0n) is 18.9. The minimum Gasteiger partial charge on any atom is -0.378 e. The molecule has 0 aliphatic carbocycles. The average Bonchev–Trinajstić information content (AvgIpc) is 3.27. The Morgan fingerprint density at radius 2 is 1.82 bits per heavy atom. The first-order chi connectivity index (χ1) is 16.1. The van der Waals surface area contributed by atoms with Gasteiger partial charge in [-0.25, -0.2) is 4.39 Å². The van der Waals surface area contributed by atoms with Crippen LogP contribution in [-0.2, 0) is 14.9 Å². The van der Waals surface area contributed by atoms with Crippen LogP contribution in [0.5, 0.6) is 0 Å². The molecule has 9 nitrogen and oxygen atoms in total. The predicted octanol–water partition coefficient (Wildman–Crippen LogP) is 3.41. The number of nitrogens with two attached hydrogens (primary N) is 1. The maximum Gasteiger partial charge on any atom is 0.261 e. The van der Waals surface area contributed by atoms with Crippen molar-refractivity contribution in [3.63, 3.8) is 0 Å². The highest BCUT2D eigenvalue weighted by Gasteiger charge is 2.18. The number of aromatic nitrogens is 1. The summed E-state index contributed by atoms with van der Waals surface area (Å²) in [4.78, 5) is 6.25. The first-order valence-electron chi connectivity index (χ1n) is 10.5. The summed E-state index contributed by atoms with van der Waals surface area (Å²) in [6.45, 7) is 4.59. The second-order valence-corrected chi connectivity index (χ2v) is 9.19. The monoisotopic (exact) mass is 490 g/mol. The van der Waals surface area contributed by atoms with E-state index in [-0.39, 0.29) is 11.7 Å². The lowest BCUT2D eigenvalue weighted by Crippen LogP contribution is -2.44. The number of hydrogen-bond donors (Lipinski definition) is 2. The van der Waals surface area contributed by atoms with Crippen LogP contribution in [0.2, 0.25) is 0 Å². The van der Waals surface area contributed by atoms with E-state index in [0.29, 0.717) is 55.7 Å². The molecule has 0 radical (unpaired) electrons. The van der Waals surface area contributed by atoms with Crippen molar-refractivity contribution in [3.8, 4) is 11.1 Å². The van der Waals surface area contributed by atoms with E-state index < -0.39 is 10.1 Å². The summed E-state index contributed by atoms with van der Waals surface area (Å²) in [7, 11) is -3.67. The molecule has 1 aliphatic rings. The van der Waals surface area contributed by atoms with Crippen LogP contribution in [0.4, 0.5) is 10.3 Å². The lowest BCUT2D eigenvalue weighted by molar-refractivity contribution is 0.0675. The summed E-state index contributed by atoms with van der Waals surface area (Å²) < 4.78 is 51.2. The summed E-state index contributed by atoms with van der Waals surface area (Å²) >= 11 is 0. The minimum absolute atomic E-state index is 0.147.